The summed E-state index contributed by atoms with van der Waals surface area (Å²) >= 11 is 0. The minimum absolute atomic E-state index is 0.484. The molecule has 0 aliphatic carbocycles. The summed E-state index contributed by atoms with van der Waals surface area (Å²) in [5.74, 6) is 1.35. The van der Waals surface area contributed by atoms with E-state index >= 15 is 0 Å². The molecule has 0 unspecified atom stereocenters. The van der Waals surface area contributed by atoms with E-state index in [1.54, 1.807) is 32.4 Å². The Labute approximate surface area is 101 Å². The first-order valence-electron chi connectivity index (χ1n) is 5.40. The average Bonchev–Trinajstić information content (AvgIpc) is 2.29. The third-order valence-electron chi connectivity index (χ3n) is 2.01. The van der Waals surface area contributed by atoms with Crippen LogP contribution >= 0.6 is 0 Å². The van der Waals surface area contributed by atoms with E-state index in [1.165, 1.54) is 0 Å². The molecule has 0 saturated carbocycles. The summed E-state index contributed by atoms with van der Waals surface area (Å²) in [5, 5.41) is 0. The molecule has 0 bridgehead atoms. The van der Waals surface area contributed by atoms with Crippen LogP contribution in [0.1, 0.15) is 0 Å². The Kier molecular flexibility index (Phi) is 6.21. The molecule has 2 N–H and O–H groups in total. The smallest absolute Gasteiger partial charge is 0.125 e. The molecule has 0 heterocycles. The second-order valence-electron chi connectivity index (χ2n) is 3.42. The monoisotopic (exact) mass is 241 g/mol. The normalized spacial score (nSPS) is 10.2. The molecule has 0 saturated heterocycles. The quantitative estimate of drug-likeness (QED) is 0.549. The number of nitrogens with two attached hydrogens (primary N) is 1. The molecule has 5 nitrogen and oxygen atoms in total. The molecule has 1 rings (SSSR count). The minimum atomic E-state index is 0.484. The van der Waals surface area contributed by atoms with Crippen LogP contribution in [0, 0.1) is 0 Å². The lowest BCUT2D eigenvalue weighted by Gasteiger charge is -2.10. The molecule has 0 radical (unpaired) electrons. The van der Waals surface area contributed by atoms with Gasteiger partial charge in [0, 0.05) is 38.1 Å². The van der Waals surface area contributed by atoms with E-state index in [0.29, 0.717) is 43.6 Å². The third-order valence-corrected chi connectivity index (χ3v) is 2.01. The molecule has 0 aromatic heterocycles. The third kappa shape index (κ3) is 5.42. The number of hydrogen-bond acceptors (Lipinski definition) is 5. The lowest BCUT2D eigenvalue weighted by atomic mass is 10.3. The fourth-order valence-electron chi connectivity index (χ4n) is 1.25. The Morgan fingerprint density at radius 3 is 1.71 bits per heavy atom. The molecule has 0 atom stereocenters. The summed E-state index contributed by atoms with van der Waals surface area (Å²) in [5.41, 5.74) is 6.35. The second kappa shape index (κ2) is 7.76. The van der Waals surface area contributed by atoms with Crippen molar-refractivity contribution in [3.8, 4) is 11.5 Å². The highest BCUT2D eigenvalue weighted by molar-refractivity contribution is 5.50. The molecule has 1 aromatic rings. The number of rotatable bonds is 8. The van der Waals surface area contributed by atoms with Gasteiger partial charge in [-0.1, -0.05) is 0 Å². The summed E-state index contributed by atoms with van der Waals surface area (Å²) in [7, 11) is 3.25. The number of methoxy groups -OCH3 is 2. The standard InChI is InChI=1S/C12H19NO4/c1-14-3-5-16-11-7-10(13)8-12(9-11)17-6-4-15-2/h7-9H,3-6,13H2,1-2H3. The van der Waals surface area contributed by atoms with Crippen molar-refractivity contribution in [2.45, 2.75) is 0 Å². The highest BCUT2D eigenvalue weighted by Crippen LogP contribution is 2.24. The van der Waals surface area contributed by atoms with E-state index in [2.05, 4.69) is 0 Å². The van der Waals surface area contributed by atoms with Gasteiger partial charge >= 0.3 is 0 Å². The zero-order valence-corrected chi connectivity index (χ0v) is 10.3. The fourth-order valence-corrected chi connectivity index (χ4v) is 1.25. The molecule has 0 aliphatic heterocycles. The van der Waals surface area contributed by atoms with Gasteiger partial charge in [-0.05, 0) is 0 Å². The predicted octanol–water partition coefficient (Wildman–Crippen LogP) is 1.32. The van der Waals surface area contributed by atoms with Gasteiger partial charge < -0.3 is 24.7 Å². The Balaban J connectivity index is 2.53. The maximum atomic E-state index is 5.75. The van der Waals surface area contributed by atoms with Crippen molar-refractivity contribution >= 4 is 5.69 Å². The molecule has 17 heavy (non-hydrogen) atoms. The lowest BCUT2D eigenvalue weighted by Crippen LogP contribution is -2.06. The van der Waals surface area contributed by atoms with Gasteiger partial charge in [-0.3, -0.25) is 0 Å². The van der Waals surface area contributed by atoms with Crippen molar-refractivity contribution in [1.29, 1.82) is 0 Å². The molecule has 0 amide bonds. The van der Waals surface area contributed by atoms with Crippen LogP contribution in [-0.2, 0) is 9.47 Å². The van der Waals surface area contributed by atoms with Crippen LogP contribution in [0.25, 0.3) is 0 Å². The first-order valence-corrected chi connectivity index (χ1v) is 5.40. The van der Waals surface area contributed by atoms with Crippen LogP contribution in [0.15, 0.2) is 18.2 Å². The van der Waals surface area contributed by atoms with Crippen molar-refractivity contribution in [1.82, 2.24) is 0 Å². The van der Waals surface area contributed by atoms with Gasteiger partial charge in [0.25, 0.3) is 0 Å². The molecule has 5 heteroatoms. The van der Waals surface area contributed by atoms with Crippen molar-refractivity contribution in [3.05, 3.63) is 18.2 Å². The zero-order chi connectivity index (χ0) is 12.5. The van der Waals surface area contributed by atoms with Crippen LogP contribution in [0.4, 0.5) is 5.69 Å². The van der Waals surface area contributed by atoms with Crippen LogP contribution < -0.4 is 15.2 Å². The topological polar surface area (TPSA) is 62.9 Å². The largest absolute Gasteiger partial charge is 0.491 e. The fraction of sp³-hybridized carbons (Fsp3) is 0.500. The van der Waals surface area contributed by atoms with Gasteiger partial charge in [0.1, 0.15) is 24.7 Å². The Morgan fingerprint density at radius 2 is 1.29 bits per heavy atom. The van der Waals surface area contributed by atoms with Gasteiger partial charge in [-0.15, -0.1) is 0 Å². The van der Waals surface area contributed by atoms with Gasteiger partial charge in [0.2, 0.25) is 0 Å². The number of hydrogen-bond donors (Lipinski definition) is 1. The van der Waals surface area contributed by atoms with Crippen molar-refractivity contribution in [2.75, 3.05) is 46.4 Å². The first-order chi connectivity index (χ1) is 8.26. The van der Waals surface area contributed by atoms with Gasteiger partial charge in [-0.2, -0.15) is 0 Å². The van der Waals surface area contributed by atoms with E-state index in [9.17, 15) is 0 Å². The Hall–Kier alpha value is -1.46. The van der Waals surface area contributed by atoms with Crippen molar-refractivity contribution < 1.29 is 18.9 Å². The maximum Gasteiger partial charge on any atom is 0.125 e. The van der Waals surface area contributed by atoms with Gasteiger partial charge in [-0.25, -0.2) is 0 Å². The number of ether oxygens (including phenoxy) is 4. The minimum Gasteiger partial charge on any atom is -0.491 e. The SMILES string of the molecule is COCCOc1cc(N)cc(OCCOC)c1. The number of benzene rings is 1. The molecular weight excluding hydrogens is 222 g/mol. The summed E-state index contributed by atoms with van der Waals surface area (Å²) < 4.78 is 20.7. The average molecular weight is 241 g/mol. The zero-order valence-electron chi connectivity index (χ0n) is 10.3. The molecule has 0 fully saturated rings. The molecule has 0 spiro atoms. The van der Waals surface area contributed by atoms with E-state index in [4.69, 9.17) is 24.7 Å². The maximum absolute atomic E-state index is 5.75. The van der Waals surface area contributed by atoms with E-state index in [0.717, 1.165) is 0 Å². The van der Waals surface area contributed by atoms with Crippen molar-refractivity contribution in [3.63, 3.8) is 0 Å². The summed E-state index contributed by atoms with van der Waals surface area (Å²) in [6, 6.07) is 5.29. The number of nitrogen functional groups attached to an aromatic ring is 1. The van der Waals surface area contributed by atoms with E-state index in [1.807, 2.05) is 0 Å². The van der Waals surface area contributed by atoms with Crippen LogP contribution in [0.2, 0.25) is 0 Å². The molecule has 0 aliphatic rings. The molecular formula is C12H19NO4. The van der Waals surface area contributed by atoms with Gasteiger partial charge in [0.05, 0.1) is 13.2 Å². The van der Waals surface area contributed by atoms with Crippen LogP contribution in [0.5, 0.6) is 11.5 Å². The van der Waals surface area contributed by atoms with Crippen LogP contribution in [-0.4, -0.2) is 40.6 Å². The Morgan fingerprint density at radius 1 is 0.824 bits per heavy atom. The van der Waals surface area contributed by atoms with Crippen molar-refractivity contribution in [2.24, 2.45) is 0 Å². The molecule has 96 valence electrons. The Bertz CT molecular complexity index is 302. The molecule has 1 aromatic carbocycles. The summed E-state index contributed by atoms with van der Waals surface area (Å²) in [4.78, 5) is 0. The first kappa shape index (κ1) is 13.6. The second-order valence-corrected chi connectivity index (χ2v) is 3.42. The van der Waals surface area contributed by atoms with E-state index in [-0.39, 0.29) is 0 Å². The van der Waals surface area contributed by atoms with Gasteiger partial charge in [0.15, 0.2) is 0 Å². The number of anilines is 1. The van der Waals surface area contributed by atoms with Crippen LogP contribution in [0.3, 0.4) is 0 Å². The lowest BCUT2D eigenvalue weighted by molar-refractivity contribution is 0.142. The highest BCUT2D eigenvalue weighted by atomic mass is 16.5. The highest BCUT2D eigenvalue weighted by Gasteiger charge is 2.01. The van der Waals surface area contributed by atoms with E-state index < -0.39 is 0 Å². The summed E-state index contributed by atoms with van der Waals surface area (Å²) in [6.07, 6.45) is 0. The summed E-state index contributed by atoms with van der Waals surface area (Å²) in [6.45, 7) is 2.04. The predicted molar refractivity (Wildman–Crippen MR) is 65.6 cm³/mol.